The zero-order chi connectivity index (χ0) is 13.3. The number of hydrogen-bond donors (Lipinski definition) is 1. The van der Waals surface area contributed by atoms with Gasteiger partial charge in [-0.15, -0.1) is 0 Å². The quantitative estimate of drug-likeness (QED) is 0.753. The second-order valence-electron chi connectivity index (χ2n) is 3.82. The van der Waals surface area contributed by atoms with E-state index < -0.39 is 11.7 Å². The average Bonchev–Trinajstić information content (AvgIpc) is 2.28. The Morgan fingerprint density at radius 1 is 0.944 bits per heavy atom. The molecule has 2 N–H and O–H groups in total. The standard InChI is InChI=1S/C13H9ClF3N/c14-12-5-4-9(7-11(12)13(15,16)17)8-2-1-3-10(18)6-8/h1-7H,18H2. The van der Waals surface area contributed by atoms with E-state index >= 15 is 0 Å². The molecule has 0 spiro atoms. The zero-order valence-electron chi connectivity index (χ0n) is 9.13. The summed E-state index contributed by atoms with van der Waals surface area (Å²) in [6.07, 6.45) is -4.46. The first kappa shape index (κ1) is 12.8. The Labute approximate surface area is 107 Å². The molecule has 0 aliphatic rings. The molecule has 18 heavy (non-hydrogen) atoms. The Morgan fingerprint density at radius 2 is 1.61 bits per heavy atom. The Bertz CT molecular complexity index is 579. The van der Waals surface area contributed by atoms with Crippen LogP contribution >= 0.6 is 11.6 Å². The summed E-state index contributed by atoms with van der Waals surface area (Å²) in [4.78, 5) is 0. The van der Waals surface area contributed by atoms with Crippen molar-refractivity contribution >= 4 is 17.3 Å². The number of nitrogen functional groups attached to an aromatic ring is 1. The second-order valence-corrected chi connectivity index (χ2v) is 4.23. The summed E-state index contributed by atoms with van der Waals surface area (Å²) >= 11 is 5.55. The molecule has 0 aliphatic heterocycles. The van der Waals surface area contributed by atoms with Gasteiger partial charge >= 0.3 is 6.18 Å². The van der Waals surface area contributed by atoms with Crippen LogP contribution in [0.25, 0.3) is 11.1 Å². The monoisotopic (exact) mass is 271 g/mol. The molecular formula is C13H9ClF3N. The lowest BCUT2D eigenvalue weighted by Gasteiger charge is -2.11. The van der Waals surface area contributed by atoms with E-state index in [0.29, 0.717) is 16.8 Å². The van der Waals surface area contributed by atoms with E-state index in [9.17, 15) is 13.2 Å². The van der Waals surface area contributed by atoms with Gasteiger partial charge in [-0.05, 0) is 35.4 Å². The molecule has 0 saturated carbocycles. The van der Waals surface area contributed by atoms with Crippen molar-refractivity contribution in [1.82, 2.24) is 0 Å². The largest absolute Gasteiger partial charge is 0.417 e. The van der Waals surface area contributed by atoms with Gasteiger partial charge in [0.2, 0.25) is 0 Å². The van der Waals surface area contributed by atoms with Crippen molar-refractivity contribution in [1.29, 1.82) is 0 Å². The third-order valence-electron chi connectivity index (χ3n) is 2.49. The number of rotatable bonds is 1. The molecule has 0 aromatic heterocycles. The van der Waals surface area contributed by atoms with E-state index in [1.54, 1.807) is 24.3 Å². The summed E-state index contributed by atoms with van der Waals surface area (Å²) in [5, 5.41) is -0.310. The van der Waals surface area contributed by atoms with Crippen molar-refractivity contribution in [2.75, 3.05) is 5.73 Å². The van der Waals surface area contributed by atoms with Gasteiger partial charge in [-0.3, -0.25) is 0 Å². The maximum Gasteiger partial charge on any atom is 0.417 e. The third-order valence-corrected chi connectivity index (χ3v) is 2.82. The van der Waals surface area contributed by atoms with Gasteiger partial charge in [-0.25, -0.2) is 0 Å². The van der Waals surface area contributed by atoms with E-state index in [1.165, 1.54) is 12.1 Å². The number of alkyl halides is 3. The average molecular weight is 272 g/mol. The summed E-state index contributed by atoms with van der Waals surface area (Å²) in [6, 6.07) is 10.5. The van der Waals surface area contributed by atoms with Crippen molar-refractivity contribution in [2.45, 2.75) is 6.18 Å². The van der Waals surface area contributed by atoms with Crippen molar-refractivity contribution in [2.24, 2.45) is 0 Å². The van der Waals surface area contributed by atoms with Crippen molar-refractivity contribution in [3.8, 4) is 11.1 Å². The zero-order valence-corrected chi connectivity index (χ0v) is 9.89. The van der Waals surface area contributed by atoms with E-state index in [-0.39, 0.29) is 5.02 Å². The number of halogens is 4. The van der Waals surface area contributed by atoms with Gasteiger partial charge in [0.05, 0.1) is 10.6 Å². The number of anilines is 1. The summed E-state index contributed by atoms with van der Waals surface area (Å²) in [5.41, 5.74) is 6.31. The van der Waals surface area contributed by atoms with Crippen LogP contribution < -0.4 is 5.73 Å². The fourth-order valence-electron chi connectivity index (χ4n) is 1.64. The number of hydrogen-bond acceptors (Lipinski definition) is 1. The minimum atomic E-state index is -4.46. The van der Waals surface area contributed by atoms with Crippen LogP contribution in [0.5, 0.6) is 0 Å². The minimum absolute atomic E-state index is 0.310. The van der Waals surface area contributed by atoms with Crippen LogP contribution in [0.3, 0.4) is 0 Å². The predicted molar refractivity (Wildman–Crippen MR) is 66.3 cm³/mol. The summed E-state index contributed by atoms with van der Waals surface area (Å²) < 4.78 is 38.1. The maximum absolute atomic E-state index is 12.7. The van der Waals surface area contributed by atoms with Crippen LogP contribution in [-0.2, 0) is 6.18 Å². The molecule has 5 heteroatoms. The lowest BCUT2D eigenvalue weighted by Crippen LogP contribution is -2.05. The minimum Gasteiger partial charge on any atom is -0.399 e. The van der Waals surface area contributed by atoms with Gasteiger partial charge in [-0.2, -0.15) is 13.2 Å². The van der Waals surface area contributed by atoms with Gasteiger partial charge in [0.1, 0.15) is 0 Å². The Balaban J connectivity index is 2.54. The first-order valence-electron chi connectivity index (χ1n) is 5.10. The molecule has 0 saturated heterocycles. The van der Waals surface area contributed by atoms with E-state index in [4.69, 9.17) is 17.3 Å². The Kier molecular flexibility index (Phi) is 3.22. The molecule has 1 nitrogen and oxygen atoms in total. The normalized spacial score (nSPS) is 11.6. The predicted octanol–water partition coefficient (Wildman–Crippen LogP) is 4.61. The first-order valence-corrected chi connectivity index (χ1v) is 5.48. The lowest BCUT2D eigenvalue weighted by molar-refractivity contribution is -0.137. The fourth-order valence-corrected chi connectivity index (χ4v) is 1.86. The molecule has 0 atom stereocenters. The van der Waals surface area contributed by atoms with Crippen molar-refractivity contribution < 1.29 is 13.2 Å². The summed E-state index contributed by atoms with van der Waals surface area (Å²) in [5.74, 6) is 0. The topological polar surface area (TPSA) is 26.0 Å². The fraction of sp³-hybridized carbons (Fsp3) is 0.0769. The van der Waals surface area contributed by atoms with Gasteiger partial charge in [0, 0.05) is 5.69 Å². The van der Waals surface area contributed by atoms with Crippen LogP contribution in [0, 0.1) is 0 Å². The van der Waals surface area contributed by atoms with Crippen molar-refractivity contribution in [3.63, 3.8) is 0 Å². The van der Waals surface area contributed by atoms with Crippen LogP contribution in [0.15, 0.2) is 42.5 Å². The molecule has 2 aromatic carbocycles. The second kappa shape index (κ2) is 4.53. The molecule has 0 aliphatic carbocycles. The molecule has 2 aromatic rings. The van der Waals surface area contributed by atoms with E-state index in [1.807, 2.05) is 0 Å². The first-order chi connectivity index (χ1) is 8.38. The molecule has 2 rings (SSSR count). The molecule has 94 valence electrons. The Hall–Kier alpha value is -1.68. The molecule has 0 fully saturated rings. The van der Waals surface area contributed by atoms with Crippen molar-refractivity contribution in [3.05, 3.63) is 53.1 Å². The van der Waals surface area contributed by atoms with Crippen LogP contribution in [-0.4, -0.2) is 0 Å². The SMILES string of the molecule is Nc1cccc(-c2ccc(Cl)c(C(F)(F)F)c2)c1. The lowest BCUT2D eigenvalue weighted by atomic mass is 10.0. The highest BCUT2D eigenvalue weighted by Crippen LogP contribution is 2.37. The van der Waals surface area contributed by atoms with Gasteiger partial charge in [0.25, 0.3) is 0 Å². The molecular weight excluding hydrogens is 263 g/mol. The summed E-state index contributed by atoms with van der Waals surface area (Å²) in [7, 11) is 0. The van der Waals surface area contributed by atoms with Crippen LogP contribution in [0.4, 0.5) is 18.9 Å². The smallest absolute Gasteiger partial charge is 0.399 e. The highest BCUT2D eigenvalue weighted by Gasteiger charge is 2.33. The van der Waals surface area contributed by atoms with E-state index in [0.717, 1.165) is 6.07 Å². The highest BCUT2D eigenvalue weighted by atomic mass is 35.5. The van der Waals surface area contributed by atoms with Gasteiger partial charge in [0.15, 0.2) is 0 Å². The highest BCUT2D eigenvalue weighted by molar-refractivity contribution is 6.31. The molecule has 0 heterocycles. The number of nitrogens with two attached hydrogens (primary N) is 1. The molecule has 0 amide bonds. The van der Waals surface area contributed by atoms with Crippen LogP contribution in [0.1, 0.15) is 5.56 Å². The summed E-state index contributed by atoms with van der Waals surface area (Å²) in [6.45, 7) is 0. The van der Waals surface area contributed by atoms with E-state index in [2.05, 4.69) is 0 Å². The van der Waals surface area contributed by atoms with Crippen LogP contribution in [0.2, 0.25) is 5.02 Å². The maximum atomic E-state index is 12.7. The molecule has 0 radical (unpaired) electrons. The third kappa shape index (κ3) is 2.59. The van der Waals surface area contributed by atoms with Gasteiger partial charge in [-0.1, -0.05) is 29.8 Å². The van der Waals surface area contributed by atoms with Gasteiger partial charge < -0.3 is 5.73 Å². The molecule has 0 bridgehead atoms. The molecule has 0 unspecified atom stereocenters. The number of benzene rings is 2. The Morgan fingerprint density at radius 3 is 2.22 bits per heavy atom.